The molecule has 3 aromatic rings. The molecule has 5 aliphatic heterocycles. The minimum absolute atomic E-state index is 0.00726. The number of hydrogen-bond donors (Lipinski definition) is 2. The van der Waals surface area contributed by atoms with Crippen LogP contribution in [0.4, 0.5) is 16.2 Å². The van der Waals surface area contributed by atoms with E-state index < -0.39 is 30.3 Å². The normalized spacial score (nSPS) is 19.1. The molecule has 0 aliphatic carbocycles. The number of unbranched alkanes of at least 4 members (excludes halogenated alkanes) is 4. The highest BCUT2D eigenvalue weighted by atomic mass is 16.6. The molecule has 2 saturated heterocycles. The van der Waals surface area contributed by atoms with Crippen molar-refractivity contribution in [3.8, 4) is 17.2 Å². The fourth-order valence-corrected chi connectivity index (χ4v) is 10.7. The van der Waals surface area contributed by atoms with Gasteiger partial charge < -0.3 is 39.2 Å². The number of aliphatic hydroxyl groups is 1. The van der Waals surface area contributed by atoms with Crippen LogP contribution in [0.2, 0.25) is 0 Å². The van der Waals surface area contributed by atoms with Crippen LogP contribution in [0, 0.1) is 18.8 Å². The van der Waals surface area contributed by atoms with Crippen LogP contribution < -0.4 is 24.4 Å². The van der Waals surface area contributed by atoms with Crippen LogP contribution in [0.3, 0.4) is 0 Å². The van der Waals surface area contributed by atoms with Gasteiger partial charge in [-0.1, -0.05) is 68.8 Å². The Labute approximate surface area is 466 Å². The molecule has 5 aliphatic rings. The van der Waals surface area contributed by atoms with Crippen molar-refractivity contribution < 1.29 is 62.4 Å². The lowest BCUT2D eigenvalue weighted by Gasteiger charge is -2.31. The van der Waals surface area contributed by atoms with Crippen molar-refractivity contribution in [1.82, 2.24) is 20.0 Å². The molecule has 0 bridgehead atoms. The fraction of sp³-hybridized carbons (Fsp3) is 0.459. The summed E-state index contributed by atoms with van der Waals surface area (Å²) in [5.41, 5.74) is 4.98. The second-order valence-electron chi connectivity index (χ2n) is 21.7. The van der Waals surface area contributed by atoms with Crippen molar-refractivity contribution in [3.05, 3.63) is 113 Å². The molecule has 0 saturated carbocycles. The monoisotopic (exact) mass is 1100 g/mol. The van der Waals surface area contributed by atoms with E-state index in [1.165, 1.54) is 29.1 Å². The lowest BCUT2D eigenvalue weighted by molar-refractivity contribution is -0.137. The van der Waals surface area contributed by atoms with Gasteiger partial charge in [-0.25, -0.2) is 9.69 Å². The summed E-state index contributed by atoms with van der Waals surface area (Å²) in [5, 5.41) is 14.7. The number of nitrogens with zero attached hydrogens (tertiary/aromatic N) is 5. The predicted molar refractivity (Wildman–Crippen MR) is 298 cm³/mol. The molecule has 0 unspecified atom stereocenters. The van der Waals surface area contributed by atoms with E-state index in [1.54, 1.807) is 66.6 Å². The number of nitrogens with one attached hydrogen (secondary N) is 1. The number of aliphatic imine (C=N–C) groups is 1. The number of ether oxygens (including phenoxy) is 4. The maximum atomic E-state index is 14.2. The third-order valence-corrected chi connectivity index (χ3v) is 15.3. The van der Waals surface area contributed by atoms with Gasteiger partial charge in [-0.2, -0.15) is 0 Å². The van der Waals surface area contributed by atoms with Crippen LogP contribution in [-0.2, 0) is 41.7 Å². The fourth-order valence-electron chi connectivity index (χ4n) is 10.7. The number of anilines is 1. The van der Waals surface area contributed by atoms with E-state index >= 15 is 0 Å². The predicted octanol–water partition coefficient (Wildman–Crippen LogP) is 7.70. The van der Waals surface area contributed by atoms with E-state index in [-0.39, 0.29) is 103 Å². The highest BCUT2D eigenvalue weighted by Crippen LogP contribution is 2.41. The first-order valence-electron chi connectivity index (χ1n) is 27.5. The molecule has 424 valence electrons. The second-order valence-corrected chi connectivity index (χ2v) is 21.7. The number of amides is 6. The van der Waals surface area contributed by atoms with Crippen LogP contribution in [0.25, 0.3) is 0 Å². The molecule has 5 atom stereocenters. The number of benzene rings is 3. The Morgan fingerprint density at radius 2 is 1.43 bits per heavy atom. The molecule has 0 radical (unpaired) electrons. The molecule has 5 heterocycles. The number of aryl methyl sites for hydroxylation is 1. The van der Waals surface area contributed by atoms with Gasteiger partial charge in [0.25, 0.3) is 23.6 Å². The largest absolute Gasteiger partial charge is 0.493 e. The minimum atomic E-state index is -1.47. The van der Waals surface area contributed by atoms with Crippen molar-refractivity contribution in [2.75, 3.05) is 44.9 Å². The number of Topliss-reactive ketones (excluding diaryl/α,β-unsaturated/α-hetero) is 2. The number of hydrogen-bond acceptors (Lipinski definition) is 14. The van der Waals surface area contributed by atoms with E-state index in [9.17, 15) is 43.5 Å². The van der Waals surface area contributed by atoms with Gasteiger partial charge in [0.2, 0.25) is 5.91 Å². The minimum Gasteiger partial charge on any atom is -0.493 e. The molecule has 6 amide bonds. The topological polar surface area (TPSA) is 231 Å². The van der Waals surface area contributed by atoms with E-state index in [2.05, 4.69) is 23.5 Å². The third kappa shape index (κ3) is 13.5. The number of aliphatic hydroxyl groups excluding tert-OH is 1. The maximum absolute atomic E-state index is 14.2. The summed E-state index contributed by atoms with van der Waals surface area (Å²) in [4.78, 5) is 115. The van der Waals surface area contributed by atoms with Crippen molar-refractivity contribution in [3.63, 3.8) is 0 Å². The van der Waals surface area contributed by atoms with Crippen LogP contribution in [0.5, 0.6) is 17.2 Å². The number of imide groups is 1. The standard InChI is InChI=1S/C61H72N6O13/c1-36(2)45(28-44(68)14-10-8-11-21-64-55(70)19-20-56(64)71)57(72)63-40(6)51(69)27-41-15-17-42(18-16-41)35-80-61(76)67-49-31-52(39(5)26-47(49)59(74)66-34-38(4)25-50(66)60(67)75)78-22-12-9-13-23-79-54-30-48-46(29-53(54)77-7)58(73)65-33-37(3)24-43(65)32-62-48/h15-20,26,29-32,36,40,43,45,50,60,75H,3-4,8-14,21-25,27-28,33-35H2,1-2,5-7H3,(H,63,72)/t40-,43-,45-,50-,60-/m0/s1. The van der Waals surface area contributed by atoms with Gasteiger partial charge >= 0.3 is 6.09 Å². The van der Waals surface area contributed by atoms with E-state index in [0.717, 1.165) is 22.5 Å². The number of carbonyl (C=O) groups is 8. The molecule has 80 heavy (non-hydrogen) atoms. The van der Waals surface area contributed by atoms with Gasteiger partial charge in [0.05, 0.1) is 61.0 Å². The van der Waals surface area contributed by atoms with E-state index in [1.807, 2.05) is 20.8 Å². The van der Waals surface area contributed by atoms with E-state index in [4.69, 9.17) is 18.9 Å². The van der Waals surface area contributed by atoms with Crippen molar-refractivity contribution in [2.24, 2.45) is 16.8 Å². The van der Waals surface area contributed by atoms with Gasteiger partial charge in [0.1, 0.15) is 18.1 Å². The maximum Gasteiger partial charge on any atom is 0.416 e. The zero-order valence-electron chi connectivity index (χ0n) is 46.3. The Bertz CT molecular complexity index is 2980. The average Bonchev–Trinajstić information content (AvgIpc) is 4.12. The Balaban J connectivity index is 0.818. The number of ketones is 2. The van der Waals surface area contributed by atoms with Gasteiger partial charge in [-0.15, -0.1) is 0 Å². The van der Waals surface area contributed by atoms with Crippen molar-refractivity contribution >= 4 is 64.8 Å². The smallest absolute Gasteiger partial charge is 0.416 e. The number of fused-ring (bicyclic) bond motifs is 4. The lowest BCUT2D eigenvalue weighted by atomic mass is 9.88. The van der Waals surface area contributed by atoms with Crippen molar-refractivity contribution in [2.45, 2.75) is 129 Å². The Kier molecular flexibility index (Phi) is 18.9. The van der Waals surface area contributed by atoms with Crippen molar-refractivity contribution in [1.29, 1.82) is 0 Å². The molecule has 0 spiro atoms. The SMILES string of the molecule is C=C1C[C@H]2C=Nc3cc(OCCCCCOc4cc5c(cc4C)C(=O)N4CC(=C)C[C@H]4[C@H](O)N5C(=O)OCc4ccc(CC(=O)[C@H](C)NC(=O)[C@@H](CC(=O)CCCCCN5C(=O)C=CC5=O)C(C)C)cc4)c(OC)cc3C(=O)N2C1. The number of carbonyl (C=O) groups excluding carboxylic acids is 8. The van der Waals surface area contributed by atoms with Gasteiger partial charge in [-0.3, -0.25) is 43.5 Å². The summed E-state index contributed by atoms with van der Waals surface area (Å²) in [7, 11) is 1.53. The Morgan fingerprint density at radius 1 is 0.775 bits per heavy atom. The highest BCUT2D eigenvalue weighted by Gasteiger charge is 2.46. The van der Waals surface area contributed by atoms with E-state index in [0.29, 0.717) is 110 Å². The molecule has 19 nitrogen and oxygen atoms in total. The zero-order chi connectivity index (χ0) is 57.4. The summed E-state index contributed by atoms with van der Waals surface area (Å²) < 4.78 is 23.8. The quantitative estimate of drug-likeness (QED) is 0.0471. The van der Waals surface area contributed by atoms with Crippen LogP contribution in [-0.4, -0.2) is 138 Å². The first kappa shape index (κ1) is 58.2. The summed E-state index contributed by atoms with van der Waals surface area (Å²) in [6.45, 7) is 16.7. The van der Waals surface area contributed by atoms with Gasteiger partial charge in [0, 0.05) is 75.3 Å². The molecule has 3 aromatic carbocycles. The zero-order valence-corrected chi connectivity index (χ0v) is 46.3. The molecular weight excluding hydrogens is 1020 g/mol. The Hall–Kier alpha value is -7.93. The number of methoxy groups -OCH3 is 1. The van der Waals surface area contributed by atoms with Crippen LogP contribution >= 0.6 is 0 Å². The molecule has 19 heteroatoms. The summed E-state index contributed by atoms with van der Waals surface area (Å²) in [6, 6.07) is 11.8. The lowest BCUT2D eigenvalue weighted by Crippen LogP contribution is -2.50. The molecular formula is C61H72N6O13. The molecule has 0 aromatic heterocycles. The molecule has 2 fully saturated rings. The average molecular weight is 1100 g/mol. The van der Waals surface area contributed by atoms with Crippen LogP contribution in [0.15, 0.2) is 90.0 Å². The summed E-state index contributed by atoms with van der Waals surface area (Å²) in [5.74, 6) is -1.27. The van der Waals surface area contributed by atoms with Gasteiger partial charge in [-0.05, 0) is 93.5 Å². The first-order valence-corrected chi connectivity index (χ1v) is 27.5. The second kappa shape index (κ2) is 25.9. The van der Waals surface area contributed by atoms with Gasteiger partial charge in [0.15, 0.2) is 23.5 Å². The Morgan fingerprint density at radius 3 is 2.12 bits per heavy atom. The van der Waals surface area contributed by atoms with Crippen LogP contribution in [0.1, 0.15) is 122 Å². The summed E-state index contributed by atoms with van der Waals surface area (Å²) >= 11 is 0. The molecule has 8 rings (SSSR count). The third-order valence-electron chi connectivity index (χ3n) is 15.3. The first-order chi connectivity index (χ1) is 38.3. The number of rotatable bonds is 25. The molecule has 2 N–H and O–H groups in total. The summed E-state index contributed by atoms with van der Waals surface area (Å²) in [6.07, 6.45) is 7.05. The highest BCUT2D eigenvalue weighted by molar-refractivity contribution is 6.13.